The number of aromatic amines is 1. The lowest BCUT2D eigenvalue weighted by Gasteiger charge is -2.08. The molecule has 3 N–H and O–H groups in total. The van der Waals surface area contributed by atoms with Crippen LogP contribution in [0.25, 0.3) is 5.65 Å². The maximum atomic E-state index is 12.0. The van der Waals surface area contributed by atoms with Crippen molar-refractivity contribution in [2.24, 2.45) is 0 Å². The van der Waals surface area contributed by atoms with Crippen molar-refractivity contribution in [1.82, 2.24) is 25.0 Å². The highest BCUT2D eigenvalue weighted by molar-refractivity contribution is 5.73. The lowest BCUT2D eigenvalue weighted by molar-refractivity contribution is 0.240. The van der Waals surface area contributed by atoms with Gasteiger partial charge in [0.15, 0.2) is 0 Å². The van der Waals surface area contributed by atoms with Crippen molar-refractivity contribution in [1.29, 1.82) is 0 Å². The minimum Gasteiger partial charge on any atom is -0.334 e. The summed E-state index contributed by atoms with van der Waals surface area (Å²) in [6.07, 6.45) is 3.87. The van der Waals surface area contributed by atoms with E-state index in [4.69, 9.17) is 0 Å². The van der Waals surface area contributed by atoms with E-state index in [0.29, 0.717) is 12.1 Å². The first kappa shape index (κ1) is 16.8. The Morgan fingerprint density at radius 3 is 2.68 bits per heavy atom. The fraction of sp³-hybridized carbons (Fsp3) is 0.278. The number of pyridine rings is 2. The van der Waals surface area contributed by atoms with Crippen LogP contribution in [0.15, 0.2) is 35.4 Å². The number of rotatable bonds is 4. The summed E-state index contributed by atoms with van der Waals surface area (Å²) in [5.41, 5.74) is 4.79. The lowest BCUT2D eigenvalue weighted by atomic mass is 10.1. The van der Waals surface area contributed by atoms with E-state index in [0.717, 1.165) is 28.2 Å². The monoisotopic (exact) mass is 339 g/mol. The first-order valence-corrected chi connectivity index (χ1v) is 8.08. The number of aromatic nitrogens is 3. The minimum absolute atomic E-state index is 0.173. The average Bonchev–Trinajstić information content (AvgIpc) is 2.93. The molecule has 7 heteroatoms. The zero-order chi connectivity index (χ0) is 18.0. The van der Waals surface area contributed by atoms with Gasteiger partial charge in [-0.05, 0) is 44.0 Å². The molecule has 3 aromatic rings. The number of nitrogens with zero attached hydrogens (tertiary/aromatic N) is 2. The Labute approximate surface area is 145 Å². The summed E-state index contributed by atoms with van der Waals surface area (Å²) < 4.78 is 1.93. The molecule has 0 aromatic carbocycles. The Hall–Kier alpha value is -3.09. The Morgan fingerprint density at radius 2 is 1.92 bits per heavy atom. The number of imidazole rings is 1. The van der Waals surface area contributed by atoms with E-state index < -0.39 is 0 Å². The molecule has 0 saturated carbocycles. The average molecular weight is 339 g/mol. The normalized spacial score (nSPS) is 10.8. The summed E-state index contributed by atoms with van der Waals surface area (Å²) in [6, 6.07) is 5.47. The van der Waals surface area contributed by atoms with Crippen LogP contribution < -0.4 is 16.2 Å². The van der Waals surface area contributed by atoms with Crippen molar-refractivity contribution < 1.29 is 4.79 Å². The second-order valence-electron chi connectivity index (χ2n) is 6.18. The maximum Gasteiger partial charge on any atom is 0.315 e. The number of hydrogen-bond acceptors (Lipinski definition) is 3. The van der Waals surface area contributed by atoms with E-state index in [2.05, 4.69) is 20.6 Å². The second kappa shape index (κ2) is 6.80. The third-order valence-corrected chi connectivity index (χ3v) is 4.00. The third kappa shape index (κ3) is 3.88. The van der Waals surface area contributed by atoms with Crippen molar-refractivity contribution in [2.75, 3.05) is 0 Å². The summed E-state index contributed by atoms with van der Waals surface area (Å²) in [5, 5.41) is 5.47. The number of H-pyrrole nitrogens is 1. The number of carbonyl (C=O) groups excluding carboxylic acids is 1. The number of carbonyl (C=O) groups is 1. The summed E-state index contributed by atoms with van der Waals surface area (Å²) >= 11 is 0. The molecule has 0 aliphatic heterocycles. The van der Waals surface area contributed by atoms with Crippen molar-refractivity contribution in [2.45, 2.75) is 33.9 Å². The van der Waals surface area contributed by atoms with Crippen LogP contribution in [-0.2, 0) is 13.1 Å². The molecule has 3 rings (SSSR count). The summed E-state index contributed by atoms with van der Waals surface area (Å²) in [6.45, 7) is 6.19. The van der Waals surface area contributed by atoms with Crippen molar-refractivity contribution in [3.63, 3.8) is 0 Å². The first-order chi connectivity index (χ1) is 11.9. The van der Waals surface area contributed by atoms with Crippen LogP contribution >= 0.6 is 0 Å². The number of nitrogens with one attached hydrogen (secondary N) is 3. The second-order valence-corrected chi connectivity index (χ2v) is 6.18. The molecule has 0 bridgehead atoms. The van der Waals surface area contributed by atoms with E-state index in [1.807, 2.05) is 55.8 Å². The number of fused-ring (bicyclic) bond motifs is 1. The summed E-state index contributed by atoms with van der Waals surface area (Å²) in [7, 11) is 0. The third-order valence-electron chi connectivity index (χ3n) is 4.00. The van der Waals surface area contributed by atoms with Crippen LogP contribution in [0.2, 0.25) is 0 Å². The minimum atomic E-state index is -0.340. The number of hydrogen-bond donors (Lipinski definition) is 3. The molecule has 0 aliphatic carbocycles. The first-order valence-electron chi connectivity index (χ1n) is 8.08. The highest BCUT2D eigenvalue weighted by Gasteiger charge is 2.08. The van der Waals surface area contributed by atoms with Crippen LogP contribution in [0.1, 0.15) is 28.1 Å². The van der Waals surface area contributed by atoms with Gasteiger partial charge in [-0.3, -0.25) is 4.79 Å². The van der Waals surface area contributed by atoms with Gasteiger partial charge in [0, 0.05) is 23.7 Å². The molecule has 130 valence electrons. The molecular weight excluding hydrogens is 318 g/mol. The SMILES string of the molecule is Cc1ccc2nc(CNC(=O)NCc3c(C)cc(C)[nH]c3=O)cn2c1. The number of urea groups is 1. The molecule has 0 unspecified atom stereocenters. The fourth-order valence-corrected chi connectivity index (χ4v) is 2.74. The predicted molar refractivity (Wildman–Crippen MR) is 95.5 cm³/mol. The van der Waals surface area contributed by atoms with Crippen LogP contribution in [-0.4, -0.2) is 20.4 Å². The van der Waals surface area contributed by atoms with Crippen LogP contribution in [0.4, 0.5) is 4.79 Å². The molecular formula is C18H21N5O2. The van der Waals surface area contributed by atoms with Gasteiger partial charge >= 0.3 is 6.03 Å². The molecule has 0 radical (unpaired) electrons. The Bertz CT molecular complexity index is 987. The molecule has 0 atom stereocenters. The molecule has 2 amide bonds. The molecule has 3 heterocycles. The Balaban J connectivity index is 1.58. The van der Waals surface area contributed by atoms with Crippen molar-refractivity contribution >= 4 is 11.7 Å². The van der Waals surface area contributed by atoms with E-state index in [-0.39, 0.29) is 18.1 Å². The van der Waals surface area contributed by atoms with E-state index in [1.165, 1.54) is 0 Å². The van der Waals surface area contributed by atoms with Crippen LogP contribution in [0, 0.1) is 20.8 Å². The smallest absolute Gasteiger partial charge is 0.315 e. The number of aryl methyl sites for hydroxylation is 3. The lowest BCUT2D eigenvalue weighted by Crippen LogP contribution is -2.36. The van der Waals surface area contributed by atoms with Crippen LogP contribution in [0.5, 0.6) is 0 Å². The molecule has 0 spiro atoms. The predicted octanol–water partition coefficient (Wildman–Crippen LogP) is 1.95. The zero-order valence-corrected chi connectivity index (χ0v) is 14.5. The molecule has 0 aliphatic rings. The van der Waals surface area contributed by atoms with Gasteiger partial charge in [-0.1, -0.05) is 6.07 Å². The van der Waals surface area contributed by atoms with Gasteiger partial charge in [-0.2, -0.15) is 0 Å². The van der Waals surface area contributed by atoms with E-state index in [9.17, 15) is 9.59 Å². The molecule has 0 saturated heterocycles. The quantitative estimate of drug-likeness (QED) is 0.678. The van der Waals surface area contributed by atoms with Crippen molar-refractivity contribution in [3.05, 3.63) is 69.0 Å². The highest BCUT2D eigenvalue weighted by atomic mass is 16.2. The van der Waals surface area contributed by atoms with E-state index >= 15 is 0 Å². The van der Waals surface area contributed by atoms with Gasteiger partial charge in [0.05, 0.1) is 18.8 Å². The van der Waals surface area contributed by atoms with Gasteiger partial charge in [0.1, 0.15) is 5.65 Å². The highest BCUT2D eigenvalue weighted by Crippen LogP contribution is 2.07. The zero-order valence-electron chi connectivity index (χ0n) is 14.5. The standard InChI is InChI=1S/C18H21N5O2/c1-11-4-5-16-22-14(10-23(16)9-11)7-19-18(25)20-8-15-12(2)6-13(3)21-17(15)24/h4-6,9-10H,7-8H2,1-3H3,(H,21,24)(H2,19,20,25). The number of amides is 2. The molecule has 3 aromatic heterocycles. The maximum absolute atomic E-state index is 12.0. The molecule has 0 fully saturated rings. The van der Waals surface area contributed by atoms with Gasteiger partial charge in [-0.25, -0.2) is 9.78 Å². The molecule has 25 heavy (non-hydrogen) atoms. The van der Waals surface area contributed by atoms with Gasteiger partial charge < -0.3 is 20.0 Å². The largest absolute Gasteiger partial charge is 0.334 e. The molecule has 7 nitrogen and oxygen atoms in total. The van der Waals surface area contributed by atoms with Crippen LogP contribution in [0.3, 0.4) is 0 Å². The summed E-state index contributed by atoms with van der Waals surface area (Å²) in [5.74, 6) is 0. The fourth-order valence-electron chi connectivity index (χ4n) is 2.74. The van der Waals surface area contributed by atoms with Gasteiger partial charge in [-0.15, -0.1) is 0 Å². The Morgan fingerprint density at radius 1 is 1.16 bits per heavy atom. The summed E-state index contributed by atoms with van der Waals surface area (Å²) in [4.78, 5) is 31.1. The van der Waals surface area contributed by atoms with E-state index in [1.54, 1.807) is 0 Å². The van der Waals surface area contributed by atoms with Gasteiger partial charge in [0.2, 0.25) is 0 Å². The Kier molecular flexibility index (Phi) is 4.56. The van der Waals surface area contributed by atoms with Crippen molar-refractivity contribution in [3.8, 4) is 0 Å². The van der Waals surface area contributed by atoms with Gasteiger partial charge in [0.25, 0.3) is 5.56 Å². The topological polar surface area (TPSA) is 91.3 Å².